The largest absolute Gasteiger partial charge is 0.0654 e. The van der Waals surface area contributed by atoms with Gasteiger partial charge in [-0.3, -0.25) is 0 Å². The third-order valence-electron chi connectivity index (χ3n) is 7.19. The van der Waals surface area contributed by atoms with Crippen molar-refractivity contribution in [2.75, 3.05) is 0 Å². The maximum atomic E-state index is 2.64. The van der Waals surface area contributed by atoms with Crippen LogP contribution >= 0.6 is 0 Å². The Bertz CT molecular complexity index is 237. The third kappa shape index (κ3) is 2.34. The molecule has 3 rings (SSSR count). The lowest BCUT2D eigenvalue weighted by Crippen LogP contribution is -2.50. The molecule has 0 amide bonds. The van der Waals surface area contributed by atoms with Crippen LogP contribution in [0.4, 0.5) is 0 Å². The lowest BCUT2D eigenvalue weighted by Gasteiger charge is -2.50. The molecule has 0 nitrogen and oxygen atoms in total. The highest BCUT2D eigenvalue weighted by Gasteiger charge is 2.55. The molecule has 0 radical (unpaired) electrons. The van der Waals surface area contributed by atoms with Crippen LogP contribution in [0.25, 0.3) is 0 Å². The van der Waals surface area contributed by atoms with Crippen molar-refractivity contribution in [2.45, 2.75) is 113 Å². The van der Waals surface area contributed by atoms with E-state index >= 15 is 0 Å². The maximum absolute atomic E-state index is 2.64. The van der Waals surface area contributed by atoms with Crippen molar-refractivity contribution in [1.82, 2.24) is 0 Å². The Labute approximate surface area is 121 Å². The SMILES string of the molecule is CC(C)[Si](C1CCCC1)(C1CCCC1)C1CCCC1. The van der Waals surface area contributed by atoms with E-state index < -0.39 is 8.07 Å². The molecular weight excluding hydrogens is 244 g/mol. The average molecular weight is 279 g/mol. The van der Waals surface area contributed by atoms with Crippen molar-refractivity contribution in [3.05, 3.63) is 0 Å². The van der Waals surface area contributed by atoms with Crippen LogP contribution in [0.5, 0.6) is 0 Å². The average Bonchev–Trinajstić information content (AvgIpc) is 3.15. The van der Waals surface area contributed by atoms with E-state index in [1.165, 1.54) is 16.6 Å². The van der Waals surface area contributed by atoms with Gasteiger partial charge in [-0.1, -0.05) is 96.4 Å². The molecular formula is C18H34Si. The van der Waals surface area contributed by atoms with E-state index in [2.05, 4.69) is 13.8 Å². The van der Waals surface area contributed by atoms with Crippen LogP contribution in [-0.4, -0.2) is 8.07 Å². The van der Waals surface area contributed by atoms with E-state index in [9.17, 15) is 0 Å². The molecule has 3 fully saturated rings. The van der Waals surface area contributed by atoms with Crippen molar-refractivity contribution >= 4 is 8.07 Å². The molecule has 1 heteroatoms. The summed E-state index contributed by atoms with van der Waals surface area (Å²) in [5, 5.41) is 0. The molecule has 3 saturated carbocycles. The highest BCUT2D eigenvalue weighted by molar-refractivity contribution is 6.85. The van der Waals surface area contributed by atoms with Gasteiger partial charge in [-0.25, -0.2) is 0 Å². The smallest absolute Gasteiger partial charge is 0.0651 e. The summed E-state index contributed by atoms with van der Waals surface area (Å²) >= 11 is 0. The molecule has 0 aromatic heterocycles. The summed E-state index contributed by atoms with van der Waals surface area (Å²) < 4.78 is 0. The van der Waals surface area contributed by atoms with Gasteiger partial charge in [0.25, 0.3) is 0 Å². The minimum atomic E-state index is -1.07. The molecule has 0 aromatic carbocycles. The van der Waals surface area contributed by atoms with Gasteiger partial charge in [0, 0.05) is 0 Å². The zero-order chi connectivity index (χ0) is 13.3. The standard InChI is InChI=1S/C18H34Si/c1-15(2)19(16-9-3-4-10-16,17-11-5-6-12-17)18-13-7-8-14-18/h15-18H,3-14H2,1-2H3. The monoisotopic (exact) mass is 278 g/mol. The first kappa shape index (κ1) is 14.2. The molecule has 0 N–H and O–H groups in total. The van der Waals surface area contributed by atoms with E-state index in [1.807, 2.05) is 0 Å². The summed E-state index contributed by atoms with van der Waals surface area (Å²) in [5.74, 6) is 0. The molecule has 0 atom stereocenters. The van der Waals surface area contributed by atoms with Gasteiger partial charge < -0.3 is 0 Å². The van der Waals surface area contributed by atoms with Gasteiger partial charge in [0.15, 0.2) is 0 Å². The van der Waals surface area contributed by atoms with Gasteiger partial charge in [-0.2, -0.15) is 0 Å². The molecule has 3 aliphatic carbocycles. The Morgan fingerprint density at radius 2 is 0.842 bits per heavy atom. The Balaban J connectivity index is 1.93. The first-order chi connectivity index (χ1) is 9.26. The summed E-state index contributed by atoms with van der Waals surface area (Å²) in [6.07, 6.45) is 19.1. The summed E-state index contributed by atoms with van der Waals surface area (Å²) in [5.41, 5.74) is 4.72. The van der Waals surface area contributed by atoms with E-state index in [1.54, 1.807) is 77.0 Å². The van der Waals surface area contributed by atoms with Gasteiger partial charge in [0.2, 0.25) is 0 Å². The van der Waals surface area contributed by atoms with E-state index in [0.717, 1.165) is 5.54 Å². The first-order valence-corrected chi connectivity index (χ1v) is 11.6. The highest BCUT2D eigenvalue weighted by atomic mass is 28.3. The molecule has 3 aliphatic rings. The molecule has 19 heavy (non-hydrogen) atoms. The van der Waals surface area contributed by atoms with Crippen LogP contribution in [-0.2, 0) is 0 Å². The lowest BCUT2D eigenvalue weighted by molar-refractivity contribution is 0.641. The van der Waals surface area contributed by atoms with Crippen molar-refractivity contribution in [3.63, 3.8) is 0 Å². The minimum absolute atomic E-state index is 1.06. The van der Waals surface area contributed by atoms with Crippen LogP contribution in [0.2, 0.25) is 22.2 Å². The Hall–Kier alpha value is 0.217. The second-order valence-electron chi connectivity index (χ2n) is 8.10. The number of rotatable bonds is 4. The fourth-order valence-electron chi connectivity index (χ4n) is 6.69. The number of hydrogen-bond donors (Lipinski definition) is 0. The van der Waals surface area contributed by atoms with Gasteiger partial charge in [0.05, 0.1) is 8.07 Å². The molecule has 0 spiro atoms. The third-order valence-corrected chi connectivity index (χ3v) is 15.2. The lowest BCUT2D eigenvalue weighted by atomic mass is 10.3. The van der Waals surface area contributed by atoms with Crippen LogP contribution < -0.4 is 0 Å². The van der Waals surface area contributed by atoms with Crippen molar-refractivity contribution < 1.29 is 0 Å². The quantitative estimate of drug-likeness (QED) is 0.503. The molecule has 0 bridgehead atoms. The second kappa shape index (κ2) is 5.91. The van der Waals surface area contributed by atoms with E-state index in [0.29, 0.717) is 0 Å². The van der Waals surface area contributed by atoms with Crippen LogP contribution in [0.3, 0.4) is 0 Å². The molecule has 0 aromatic rings. The predicted molar refractivity (Wildman–Crippen MR) is 87.5 cm³/mol. The molecule has 110 valence electrons. The van der Waals surface area contributed by atoms with Gasteiger partial charge in [-0.15, -0.1) is 0 Å². The summed E-state index contributed by atoms with van der Waals surface area (Å²) in [7, 11) is -1.07. The van der Waals surface area contributed by atoms with Crippen molar-refractivity contribution in [3.8, 4) is 0 Å². The normalized spacial score (nSPS) is 27.9. The topological polar surface area (TPSA) is 0 Å². The minimum Gasteiger partial charge on any atom is -0.0651 e. The summed E-state index contributed by atoms with van der Waals surface area (Å²) in [4.78, 5) is 0. The Morgan fingerprint density at radius 3 is 1.05 bits per heavy atom. The first-order valence-electron chi connectivity index (χ1n) is 9.26. The Morgan fingerprint density at radius 1 is 0.579 bits per heavy atom. The zero-order valence-electron chi connectivity index (χ0n) is 13.3. The maximum Gasteiger partial charge on any atom is 0.0654 e. The van der Waals surface area contributed by atoms with Gasteiger partial charge in [-0.05, 0) is 16.6 Å². The highest BCUT2D eigenvalue weighted by Crippen LogP contribution is 2.62. The second-order valence-corrected chi connectivity index (χ2v) is 13.7. The Kier molecular flexibility index (Phi) is 4.41. The van der Waals surface area contributed by atoms with Gasteiger partial charge >= 0.3 is 0 Å². The molecule has 0 saturated heterocycles. The molecule has 0 heterocycles. The summed E-state index contributed by atoms with van der Waals surface area (Å²) in [6, 6.07) is 0. The van der Waals surface area contributed by atoms with Crippen molar-refractivity contribution in [2.24, 2.45) is 0 Å². The number of hydrogen-bond acceptors (Lipinski definition) is 0. The van der Waals surface area contributed by atoms with E-state index in [-0.39, 0.29) is 0 Å². The molecule has 0 unspecified atom stereocenters. The fourth-order valence-corrected chi connectivity index (χ4v) is 15.7. The summed E-state index contributed by atoms with van der Waals surface area (Å²) in [6.45, 7) is 5.28. The van der Waals surface area contributed by atoms with Crippen LogP contribution in [0, 0.1) is 0 Å². The molecule has 0 aliphatic heterocycles. The fraction of sp³-hybridized carbons (Fsp3) is 1.00. The van der Waals surface area contributed by atoms with E-state index in [4.69, 9.17) is 0 Å². The zero-order valence-corrected chi connectivity index (χ0v) is 14.3. The van der Waals surface area contributed by atoms with Crippen LogP contribution in [0.1, 0.15) is 90.9 Å². The predicted octanol–water partition coefficient (Wildman–Crippen LogP) is 6.68. The van der Waals surface area contributed by atoms with Crippen LogP contribution in [0.15, 0.2) is 0 Å². The van der Waals surface area contributed by atoms with Gasteiger partial charge in [0.1, 0.15) is 0 Å². The van der Waals surface area contributed by atoms with Crippen molar-refractivity contribution in [1.29, 1.82) is 0 Å².